The Morgan fingerprint density at radius 1 is 0.947 bits per heavy atom. The molecule has 108 valence electrons. The summed E-state index contributed by atoms with van der Waals surface area (Å²) >= 11 is 0. The molecule has 1 nitrogen and oxygen atoms in total. The van der Waals surface area contributed by atoms with Crippen LogP contribution in [-0.2, 0) is 0 Å². The molecule has 1 atom stereocenters. The molecule has 0 amide bonds. The van der Waals surface area contributed by atoms with Gasteiger partial charge in [-0.1, -0.05) is 18.2 Å². The lowest BCUT2D eigenvalue weighted by Gasteiger charge is -2.29. The van der Waals surface area contributed by atoms with Crippen LogP contribution in [0.15, 0.2) is 18.2 Å². The molecule has 1 aromatic carbocycles. The highest BCUT2D eigenvalue weighted by atomic mass is 19.4. The van der Waals surface area contributed by atoms with E-state index in [0.29, 0.717) is 11.1 Å². The average Bonchev–Trinajstić information content (AvgIpc) is 2.17. The zero-order valence-electron chi connectivity index (χ0n) is 10.2. The lowest BCUT2D eigenvalue weighted by Crippen LogP contribution is -2.44. The molecule has 0 saturated heterocycles. The fourth-order valence-electron chi connectivity index (χ4n) is 1.91. The lowest BCUT2D eigenvalue weighted by molar-refractivity contribution is -0.290. The predicted molar refractivity (Wildman–Crippen MR) is 58.4 cm³/mol. The number of alkyl halides is 6. The van der Waals surface area contributed by atoms with Crippen LogP contribution in [0.2, 0.25) is 0 Å². The molecule has 0 fully saturated rings. The Labute approximate surface area is 106 Å². The number of hydrogen-bond acceptors (Lipinski definition) is 1. The molecule has 0 saturated carbocycles. The van der Waals surface area contributed by atoms with Crippen LogP contribution in [0.3, 0.4) is 0 Å². The van der Waals surface area contributed by atoms with Crippen LogP contribution in [0.25, 0.3) is 0 Å². The molecule has 1 rings (SSSR count). The van der Waals surface area contributed by atoms with Gasteiger partial charge in [0.25, 0.3) is 0 Å². The van der Waals surface area contributed by atoms with Crippen molar-refractivity contribution in [2.45, 2.75) is 32.2 Å². The quantitative estimate of drug-likeness (QED) is 0.815. The molecule has 0 bridgehead atoms. The van der Waals surface area contributed by atoms with E-state index in [1.807, 2.05) is 0 Å². The smallest absolute Gasteiger partial charge is 0.323 e. The molecule has 0 spiro atoms. The van der Waals surface area contributed by atoms with Crippen molar-refractivity contribution in [1.82, 2.24) is 0 Å². The summed E-state index contributed by atoms with van der Waals surface area (Å²) in [6, 6.07) is 2.01. The molecule has 0 radical (unpaired) electrons. The molecule has 2 N–H and O–H groups in total. The molecule has 0 aliphatic rings. The summed E-state index contributed by atoms with van der Waals surface area (Å²) in [5.41, 5.74) is 6.04. The highest BCUT2D eigenvalue weighted by Crippen LogP contribution is 2.46. The van der Waals surface area contributed by atoms with Gasteiger partial charge in [-0.25, -0.2) is 0 Å². The molecule has 0 aliphatic heterocycles. The first-order chi connectivity index (χ1) is 8.46. The Kier molecular flexibility index (Phi) is 4.19. The van der Waals surface area contributed by atoms with Crippen molar-refractivity contribution in [3.05, 3.63) is 34.9 Å². The van der Waals surface area contributed by atoms with Crippen molar-refractivity contribution in [2.24, 2.45) is 11.7 Å². The van der Waals surface area contributed by atoms with Gasteiger partial charge < -0.3 is 5.73 Å². The molecule has 0 heterocycles. The van der Waals surface area contributed by atoms with Gasteiger partial charge in [-0.2, -0.15) is 26.3 Å². The molecule has 1 unspecified atom stereocenters. The second kappa shape index (κ2) is 5.03. The van der Waals surface area contributed by atoms with Crippen molar-refractivity contribution >= 4 is 0 Å². The first kappa shape index (κ1) is 15.8. The zero-order chi connectivity index (χ0) is 15.0. The van der Waals surface area contributed by atoms with Crippen molar-refractivity contribution < 1.29 is 26.3 Å². The maximum absolute atomic E-state index is 12.6. The fraction of sp³-hybridized carbons (Fsp3) is 0.500. The molecule has 0 aromatic heterocycles. The minimum absolute atomic E-state index is 0.139. The van der Waals surface area contributed by atoms with E-state index in [1.165, 1.54) is 19.1 Å². The summed E-state index contributed by atoms with van der Waals surface area (Å²) < 4.78 is 75.5. The van der Waals surface area contributed by atoms with Gasteiger partial charge in [0, 0.05) is 0 Å². The number of hydrogen-bond donors (Lipinski definition) is 1. The van der Waals surface area contributed by atoms with Gasteiger partial charge in [0.15, 0.2) is 5.92 Å². The van der Waals surface area contributed by atoms with Crippen LogP contribution in [-0.4, -0.2) is 12.4 Å². The van der Waals surface area contributed by atoms with Gasteiger partial charge in [-0.05, 0) is 30.5 Å². The predicted octanol–water partition coefficient (Wildman–Crippen LogP) is 4.04. The number of nitrogens with two attached hydrogens (primary N) is 1. The van der Waals surface area contributed by atoms with Crippen LogP contribution in [0.5, 0.6) is 0 Å². The maximum atomic E-state index is 12.6. The second-order valence-corrected chi connectivity index (χ2v) is 4.38. The minimum atomic E-state index is -5.44. The Bertz CT molecular complexity index is 435. The molecular weight excluding hydrogens is 272 g/mol. The maximum Gasteiger partial charge on any atom is 0.402 e. The van der Waals surface area contributed by atoms with E-state index in [0.717, 1.165) is 0 Å². The monoisotopic (exact) mass is 285 g/mol. The third kappa shape index (κ3) is 3.40. The Hall–Kier alpha value is -1.24. The topological polar surface area (TPSA) is 26.0 Å². The third-order valence-corrected chi connectivity index (χ3v) is 3.07. The lowest BCUT2D eigenvalue weighted by atomic mass is 9.88. The van der Waals surface area contributed by atoms with E-state index in [2.05, 4.69) is 0 Å². The van der Waals surface area contributed by atoms with Gasteiger partial charge in [0.1, 0.15) is 0 Å². The van der Waals surface area contributed by atoms with Crippen molar-refractivity contribution in [1.29, 1.82) is 0 Å². The largest absolute Gasteiger partial charge is 0.402 e. The van der Waals surface area contributed by atoms with Gasteiger partial charge in [0.2, 0.25) is 0 Å². The summed E-state index contributed by atoms with van der Waals surface area (Å²) in [6.07, 6.45) is -10.9. The summed E-state index contributed by atoms with van der Waals surface area (Å²) in [4.78, 5) is 0. The number of rotatable bonds is 2. The summed E-state index contributed by atoms with van der Waals surface area (Å²) in [5, 5.41) is 0. The van der Waals surface area contributed by atoms with Crippen molar-refractivity contribution in [3.8, 4) is 0 Å². The summed E-state index contributed by atoms with van der Waals surface area (Å²) in [7, 11) is 0. The molecule has 0 aliphatic carbocycles. The van der Waals surface area contributed by atoms with Gasteiger partial charge in [-0.3, -0.25) is 0 Å². The normalized spacial score (nSPS) is 14.8. The highest BCUT2D eigenvalue weighted by Gasteiger charge is 2.59. The van der Waals surface area contributed by atoms with Crippen LogP contribution in [0.1, 0.15) is 22.7 Å². The number of halogens is 6. The first-order valence-corrected chi connectivity index (χ1v) is 5.41. The van der Waals surface area contributed by atoms with E-state index in [-0.39, 0.29) is 5.56 Å². The molecule has 7 heteroatoms. The van der Waals surface area contributed by atoms with E-state index >= 15 is 0 Å². The average molecular weight is 285 g/mol. The van der Waals surface area contributed by atoms with Crippen LogP contribution < -0.4 is 5.73 Å². The molecule has 1 aromatic rings. The Morgan fingerprint density at radius 3 is 1.84 bits per heavy atom. The highest BCUT2D eigenvalue weighted by molar-refractivity contribution is 5.35. The summed E-state index contributed by atoms with van der Waals surface area (Å²) in [6.45, 7) is 3.05. The molecule has 19 heavy (non-hydrogen) atoms. The van der Waals surface area contributed by atoms with Gasteiger partial charge >= 0.3 is 12.4 Å². The Balaban J connectivity index is 3.28. The SMILES string of the molecule is Cc1cccc(C(N)C(C(F)(F)F)C(F)(F)F)c1C. The van der Waals surface area contributed by atoms with E-state index < -0.39 is 24.3 Å². The van der Waals surface area contributed by atoms with Gasteiger partial charge in [-0.15, -0.1) is 0 Å². The molecular formula is C12H13F6N. The van der Waals surface area contributed by atoms with Crippen molar-refractivity contribution in [2.75, 3.05) is 0 Å². The first-order valence-electron chi connectivity index (χ1n) is 5.41. The second-order valence-electron chi connectivity index (χ2n) is 4.38. The van der Waals surface area contributed by atoms with E-state index in [9.17, 15) is 26.3 Å². The standard InChI is InChI=1S/C12H13F6N/c1-6-4-3-5-8(7(6)2)9(19)10(11(13,14)15)12(16,17)18/h3-5,9-10H,19H2,1-2H3. The van der Waals surface area contributed by atoms with E-state index in [4.69, 9.17) is 5.73 Å². The van der Waals surface area contributed by atoms with Crippen molar-refractivity contribution in [3.63, 3.8) is 0 Å². The van der Waals surface area contributed by atoms with E-state index in [1.54, 1.807) is 13.0 Å². The Morgan fingerprint density at radius 2 is 1.42 bits per heavy atom. The summed E-state index contributed by atoms with van der Waals surface area (Å²) in [5.74, 6) is -3.57. The minimum Gasteiger partial charge on any atom is -0.323 e. The number of aryl methyl sites for hydroxylation is 1. The van der Waals surface area contributed by atoms with Gasteiger partial charge in [0.05, 0.1) is 6.04 Å². The zero-order valence-corrected chi connectivity index (χ0v) is 10.2. The third-order valence-electron chi connectivity index (χ3n) is 3.07. The van der Waals surface area contributed by atoms with Crippen LogP contribution in [0.4, 0.5) is 26.3 Å². The number of benzene rings is 1. The van der Waals surface area contributed by atoms with Crippen LogP contribution >= 0.6 is 0 Å². The van der Waals surface area contributed by atoms with Crippen LogP contribution in [0, 0.1) is 19.8 Å². The fourth-order valence-corrected chi connectivity index (χ4v) is 1.91.